The van der Waals surface area contributed by atoms with Crippen LogP contribution < -0.4 is 16.8 Å². The van der Waals surface area contributed by atoms with Gasteiger partial charge < -0.3 is 15.0 Å². The molecule has 0 aliphatic carbocycles. The van der Waals surface area contributed by atoms with E-state index in [1.807, 2.05) is 6.92 Å². The van der Waals surface area contributed by atoms with E-state index in [1.54, 1.807) is 36.4 Å². The Morgan fingerprint density at radius 2 is 1.90 bits per heavy atom. The van der Waals surface area contributed by atoms with E-state index < -0.39 is 28.3 Å². The number of carbonyl (C=O) groups excluding carboxylic acids is 1. The average molecular weight is 415 g/mol. The van der Waals surface area contributed by atoms with Gasteiger partial charge in [-0.15, -0.1) is 0 Å². The number of hydrogen-bond donors (Lipinski definition) is 3. The Kier molecular flexibility index (Phi) is 6.42. The largest absolute Gasteiger partial charge is 0.506 e. The predicted molar refractivity (Wildman–Crippen MR) is 111 cm³/mol. The third-order valence-electron chi connectivity index (χ3n) is 4.51. The number of unbranched alkanes of at least 4 members (excludes halogenated alkanes) is 1. The van der Waals surface area contributed by atoms with Gasteiger partial charge in [-0.1, -0.05) is 37.6 Å². The van der Waals surface area contributed by atoms with Crippen molar-refractivity contribution in [2.24, 2.45) is 5.90 Å². The van der Waals surface area contributed by atoms with Gasteiger partial charge >= 0.3 is 0 Å². The Morgan fingerprint density at radius 3 is 2.62 bits per heavy atom. The molecule has 9 heteroatoms. The second-order valence-electron chi connectivity index (χ2n) is 6.33. The lowest BCUT2D eigenvalue weighted by Crippen LogP contribution is -2.30. The third-order valence-corrected chi connectivity index (χ3v) is 5.40. The maximum atomic E-state index is 13.1. The van der Waals surface area contributed by atoms with Crippen molar-refractivity contribution in [3.05, 3.63) is 64.4 Å². The minimum Gasteiger partial charge on any atom is -0.506 e. The predicted octanol–water partition coefficient (Wildman–Crippen LogP) is 2.67. The molecule has 0 aliphatic rings. The van der Waals surface area contributed by atoms with Gasteiger partial charge in [-0.25, -0.2) is 4.21 Å². The first-order chi connectivity index (χ1) is 14.0. The summed E-state index contributed by atoms with van der Waals surface area (Å²) < 4.78 is 17.8. The van der Waals surface area contributed by atoms with Crippen molar-refractivity contribution in [2.45, 2.75) is 31.2 Å². The average Bonchev–Trinajstić information content (AvgIpc) is 2.73. The highest BCUT2D eigenvalue weighted by Crippen LogP contribution is 2.28. The number of nitrogens with zero attached hydrogens (tertiary/aromatic N) is 1. The summed E-state index contributed by atoms with van der Waals surface area (Å²) in [5.74, 6) is 3.77. The quantitative estimate of drug-likeness (QED) is 0.510. The summed E-state index contributed by atoms with van der Waals surface area (Å²) >= 11 is -2.00. The van der Waals surface area contributed by atoms with Crippen LogP contribution in [0, 0.1) is 0 Å². The van der Waals surface area contributed by atoms with Crippen molar-refractivity contribution in [3.8, 4) is 5.75 Å². The van der Waals surface area contributed by atoms with E-state index in [4.69, 9.17) is 5.90 Å². The van der Waals surface area contributed by atoms with Gasteiger partial charge in [-0.3, -0.25) is 9.59 Å². The van der Waals surface area contributed by atoms with Crippen LogP contribution in [-0.4, -0.2) is 19.8 Å². The number of pyridine rings is 1. The Balaban J connectivity index is 2.12. The fourth-order valence-electron chi connectivity index (χ4n) is 3.08. The summed E-state index contributed by atoms with van der Waals surface area (Å²) in [7, 11) is 0. The van der Waals surface area contributed by atoms with Gasteiger partial charge in [0.25, 0.3) is 11.5 Å². The highest BCUT2D eigenvalue weighted by atomic mass is 32.2. The lowest BCUT2D eigenvalue weighted by Gasteiger charge is -2.15. The maximum Gasteiger partial charge on any atom is 0.267 e. The number of rotatable bonds is 7. The summed E-state index contributed by atoms with van der Waals surface area (Å²) in [6, 6.07) is 13.0. The molecule has 8 nitrogen and oxygen atoms in total. The molecule has 152 valence electrons. The molecule has 0 aliphatic heterocycles. The molecular weight excluding hydrogens is 394 g/mol. The molecule has 4 N–H and O–H groups in total. The summed E-state index contributed by atoms with van der Waals surface area (Å²) in [5, 5.41) is 13.6. The van der Waals surface area contributed by atoms with Crippen LogP contribution in [0.25, 0.3) is 10.9 Å². The molecule has 0 spiro atoms. The van der Waals surface area contributed by atoms with Crippen molar-refractivity contribution >= 4 is 33.6 Å². The molecule has 0 saturated heterocycles. The van der Waals surface area contributed by atoms with Gasteiger partial charge in [0, 0.05) is 11.9 Å². The molecule has 1 unspecified atom stereocenters. The van der Waals surface area contributed by atoms with Crippen LogP contribution in [0.5, 0.6) is 5.75 Å². The van der Waals surface area contributed by atoms with Gasteiger partial charge in [-0.05, 0) is 30.7 Å². The number of aromatic hydroxyl groups is 1. The van der Waals surface area contributed by atoms with Gasteiger partial charge in [0.15, 0.2) is 0 Å². The van der Waals surface area contributed by atoms with Crippen molar-refractivity contribution in [1.29, 1.82) is 0 Å². The maximum absolute atomic E-state index is 13.1. The molecule has 1 heterocycles. The minimum atomic E-state index is -2.00. The number of nitrogens with one attached hydrogen (secondary N) is 1. The van der Waals surface area contributed by atoms with Gasteiger partial charge in [0.2, 0.25) is 11.1 Å². The van der Waals surface area contributed by atoms with Gasteiger partial charge in [-0.2, -0.15) is 10.2 Å². The zero-order valence-electron chi connectivity index (χ0n) is 15.8. The smallest absolute Gasteiger partial charge is 0.267 e. The number of hydrogen-bond acceptors (Lipinski definition) is 6. The molecule has 1 atom stereocenters. The van der Waals surface area contributed by atoms with Crippen LogP contribution in [0.15, 0.2) is 58.2 Å². The zero-order valence-corrected chi connectivity index (χ0v) is 16.6. The summed E-state index contributed by atoms with van der Waals surface area (Å²) in [4.78, 5) is 26.1. The van der Waals surface area contributed by atoms with E-state index in [0.717, 1.165) is 12.8 Å². The molecule has 2 aromatic carbocycles. The molecule has 3 aromatic rings. The molecule has 0 radical (unpaired) electrons. The molecular formula is C20H21N3O5S. The fraction of sp³-hybridized carbons (Fsp3) is 0.200. The zero-order chi connectivity index (χ0) is 21.0. The normalized spacial score (nSPS) is 12.1. The van der Waals surface area contributed by atoms with Gasteiger partial charge in [0.05, 0.1) is 16.1 Å². The van der Waals surface area contributed by atoms with Gasteiger partial charge in [0.1, 0.15) is 11.3 Å². The van der Waals surface area contributed by atoms with E-state index >= 15 is 0 Å². The van der Waals surface area contributed by atoms with Crippen molar-refractivity contribution in [2.75, 3.05) is 5.32 Å². The van der Waals surface area contributed by atoms with E-state index in [1.165, 1.54) is 16.7 Å². The van der Waals surface area contributed by atoms with Crippen LogP contribution in [0.3, 0.4) is 0 Å². The van der Waals surface area contributed by atoms with E-state index in [9.17, 15) is 18.9 Å². The third kappa shape index (κ3) is 4.07. The first-order valence-corrected chi connectivity index (χ1v) is 10.1. The van der Waals surface area contributed by atoms with Crippen LogP contribution in [0.1, 0.15) is 30.1 Å². The molecule has 1 amide bonds. The Hall–Kier alpha value is -3.01. The number of benzene rings is 2. The SMILES string of the molecule is CCCCn1c(=O)c(C(=O)Nc2ccccc2S(=O)ON)c(O)c2ccccc21. The second-order valence-corrected chi connectivity index (χ2v) is 7.43. The number of nitrogens with two attached hydrogens (primary N) is 1. The lowest BCUT2D eigenvalue weighted by molar-refractivity contribution is 0.102. The Morgan fingerprint density at radius 1 is 1.21 bits per heavy atom. The van der Waals surface area contributed by atoms with Crippen LogP contribution in [-0.2, 0) is 21.9 Å². The van der Waals surface area contributed by atoms with Crippen LogP contribution in [0.4, 0.5) is 5.69 Å². The number of fused-ring (bicyclic) bond motifs is 1. The van der Waals surface area contributed by atoms with E-state index in [2.05, 4.69) is 9.60 Å². The van der Waals surface area contributed by atoms with Crippen molar-refractivity contribution < 1.29 is 18.4 Å². The minimum absolute atomic E-state index is 0.134. The lowest BCUT2D eigenvalue weighted by atomic mass is 10.1. The summed E-state index contributed by atoms with van der Waals surface area (Å²) in [5.41, 5.74) is -0.263. The number of anilines is 1. The fourth-order valence-corrected chi connectivity index (χ4v) is 3.68. The highest BCUT2D eigenvalue weighted by molar-refractivity contribution is 7.80. The first-order valence-electron chi connectivity index (χ1n) is 9.03. The van der Waals surface area contributed by atoms with E-state index in [0.29, 0.717) is 17.4 Å². The molecule has 29 heavy (non-hydrogen) atoms. The monoisotopic (exact) mass is 415 g/mol. The van der Waals surface area contributed by atoms with Crippen molar-refractivity contribution in [3.63, 3.8) is 0 Å². The van der Waals surface area contributed by atoms with E-state index in [-0.39, 0.29) is 16.1 Å². The number of aromatic nitrogens is 1. The topological polar surface area (TPSA) is 124 Å². The standard InChI is InChI=1S/C20H21N3O5S/c1-2-3-12-23-15-10-6-4-8-13(15)18(24)17(20(23)26)19(25)22-14-9-5-7-11-16(14)29(27)28-21/h4-11,24H,2-3,12,21H2,1H3,(H,22,25). The summed E-state index contributed by atoms with van der Waals surface area (Å²) in [6.07, 6.45) is 1.60. The van der Waals surface area contributed by atoms with Crippen LogP contribution in [0.2, 0.25) is 0 Å². The van der Waals surface area contributed by atoms with Crippen LogP contribution >= 0.6 is 0 Å². The first kappa shape index (κ1) is 20.7. The number of para-hydroxylation sites is 2. The molecule has 0 saturated carbocycles. The molecule has 0 bridgehead atoms. The molecule has 3 rings (SSSR count). The molecule has 0 fully saturated rings. The Bertz CT molecular complexity index is 1140. The van der Waals surface area contributed by atoms with Crippen molar-refractivity contribution in [1.82, 2.24) is 4.57 Å². The number of amides is 1. The Labute approximate surface area is 169 Å². The summed E-state index contributed by atoms with van der Waals surface area (Å²) in [6.45, 7) is 2.41. The second kappa shape index (κ2) is 8.99. The number of carbonyl (C=O) groups is 1. The highest BCUT2D eigenvalue weighted by Gasteiger charge is 2.23. The number of aryl methyl sites for hydroxylation is 1. The molecule has 1 aromatic heterocycles.